The summed E-state index contributed by atoms with van der Waals surface area (Å²) in [5.41, 5.74) is 4.05. The van der Waals surface area contributed by atoms with Crippen LogP contribution in [0.15, 0.2) is 24.6 Å². The topological polar surface area (TPSA) is 134 Å². The molecule has 0 spiro atoms. The Morgan fingerprint density at radius 1 is 1.50 bits per heavy atom. The molecule has 28 heavy (non-hydrogen) atoms. The van der Waals surface area contributed by atoms with Crippen LogP contribution in [0.1, 0.15) is 13.8 Å². The molecule has 0 saturated carbocycles. The number of carbonyl (C=O) groups is 2. The number of nitrogens with zero attached hydrogens (tertiary/aromatic N) is 1. The standard InChI is InChI=1S/C15H25B3FN3O6/c1-6(2)8(20)11(25)27-15(17,18)13(19)9(23)10(24)14(16,28-13)22-5-4-7(3)21-12(22)26/h4-6,8-10,23-24H,3,16-18,20H2,1-2H3,(H,21,26)/t8-,9-,10+,13-,14-/m0/s1. The summed E-state index contributed by atoms with van der Waals surface area (Å²) in [4.78, 5) is 25.4. The van der Waals surface area contributed by atoms with Crippen LogP contribution in [0.3, 0.4) is 0 Å². The molecule has 13 heteroatoms. The third-order valence-corrected chi connectivity index (χ3v) is 5.14. The van der Waals surface area contributed by atoms with Gasteiger partial charge in [-0.05, 0) is 12.0 Å². The van der Waals surface area contributed by atoms with E-state index in [-0.39, 0.29) is 5.92 Å². The van der Waals surface area contributed by atoms with Crippen molar-refractivity contribution in [3.63, 3.8) is 0 Å². The molecule has 2 rings (SSSR count). The van der Waals surface area contributed by atoms with E-state index in [4.69, 9.17) is 15.2 Å². The minimum absolute atomic E-state index is 0.264. The molecule has 0 unspecified atom stereocenters. The predicted octanol–water partition coefficient (Wildman–Crippen LogP) is -3.81. The largest absolute Gasteiger partial charge is 0.471 e. The van der Waals surface area contributed by atoms with Gasteiger partial charge in [-0.3, -0.25) is 9.69 Å². The number of carbonyl (C=O) groups excluding carboxylic acids is 2. The molecule has 0 aliphatic carbocycles. The molecule has 2 aliphatic rings. The van der Waals surface area contributed by atoms with Crippen LogP contribution in [0.2, 0.25) is 0 Å². The quantitative estimate of drug-likeness (QED) is 0.277. The van der Waals surface area contributed by atoms with Gasteiger partial charge in [0.1, 0.15) is 29.3 Å². The van der Waals surface area contributed by atoms with E-state index in [2.05, 4.69) is 11.9 Å². The highest BCUT2D eigenvalue weighted by Crippen LogP contribution is 2.46. The maximum atomic E-state index is 15.9. The fourth-order valence-electron chi connectivity index (χ4n) is 3.07. The van der Waals surface area contributed by atoms with Crippen LogP contribution >= 0.6 is 0 Å². The summed E-state index contributed by atoms with van der Waals surface area (Å²) in [6.45, 7) is 6.96. The van der Waals surface area contributed by atoms with Crippen molar-refractivity contribution in [2.45, 2.75) is 49.0 Å². The Balaban J connectivity index is 2.35. The van der Waals surface area contributed by atoms with Crippen molar-refractivity contribution in [2.75, 3.05) is 0 Å². The number of urea groups is 1. The maximum absolute atomic E-state index is 15.9. The van der Waals surface area contributed by atoms with Crippen LogP contribution in [0.5, 0.6) is 0 Å². The number of aliphatic hydroxyl groups excluding tert-OH is 2. The summed E-state index contributed by atoms with van der Waals surface area (Å²) in [5, 5.41) is 21.3. The fourth-order valence-corrected chi connectivity index (χ4v) is 3.07. The second-order valence-electron chi connectivity index (χ2n) is 8.03. The van der Waals surface area contributed by atoms with Gasteiger partial charge in [-0.2, -0.15) is 0 Å². The van der Waals surface area contributed by atoms with Gasteiger partial charge in [0.15, 0.2) is 23.5 Å². The van der Waals surface area contributed by atoms with Gasteiger partial charge in [-0.15, -0.1) is 0 Å². The summed E-state index contributed by atoms with van der Waals surface area (Å²) in [6.07, 6.45) is -1.31. The molecule has 0 aromatic heterocycles. The molecular formula is C15H25B3FN3O6. The maximum Gasteiger partial charge on any atom is 0.327 e. The van der Waals surface area contributed by atoms with Crippen molar-refractivity contribution in [1.82, 2.24) is 10.2 Å². The molecule has 5 atom stereocenters. The average molecular weight is 395 g/mol. The second kappa shape index (κ2) is 7.22. The first-order valence-electron chi connectivity index (χ1n) is 8.88. The number of hydrogen-bond donors (Lipinski definition) is 4. The molecule has 2 aliphatic heterocycles. The Kier molecular flexibility index (Phi) is 5.79. The third-order valence-electron chi connectivity index (χ3n) is 5.14. The molecule has 2 heterocycles. The minimum Gasteiger partial charge on any atom is -0.471 e. The second-order valence-corrected chi connectivity index (χ2v) is 8.03. The number of allylic oxidation sites excluding steroid dienone is 1. The van der Waals surface area contributed by atoms with E-state index in [1.807, 2.05) is 0 Å². The molecular weight excluding hydrogens is 370 g/mol. The number of nitrogens with one attached hydrogen (secondary N) is 1. The third kappa shape index (κ3) is 3.47. The lowest BCUT2D eigenvalue weighted by atomic mass is 9.59. The first-order valence-corrected chi connectivity index (χ1v) is 8.88. The Morgan fingerprint density at radius 3 is 2.57 bits per heavy atom. The van der Waals surface area contributed by atoms with Gasteiger partial charge in [0, 0.05) is 11.9 Å². The van der Waals surface area contributed by atoms with Crippen LogP contribution < -0.4 is 11.1 Å². The van der Waals surface area contributed by atoms with Gasteiger partial charge >= 0.3 is 12.0 Å². The number of rotatable bonds is 5. The smallest absolute Gasteiger partial charge is 0.327 e. The molecule has 0 aromatic carbocycles. The predicted molar refractivity (Wildman–Crippen MR) is 106 cm³/mol. The van der Waals surface area contributed by atoms with Crippen LogP contribution in [-0.2, 0) is 14.3 Å². The average Bonchev–Trinajstić information content (AvgIpc) is 2.75. The van der Waals surface area contributed by atoms with Crippen LogP contribution in [0.25, 0.3) is 0 Å². The van der Waals surface area contributed by atoms with E-state index >= 15 is 4.39 Å². The van der Waals surface area contributed by atoms with Crippen LogP contribution in [0.4, 0.5) is 9.18 Å². The van der Waals surface area contributed by atoms with E-state index in [9.17, 15) is 19.8 Å². The van der Waals surface area contributed by atoms with E-state index in [0.29, 0.717) is 5.70 Å². The van der Waals surface area contributed by atoms with Crippen LogP contribution in [-0.4, -0.2) is 85.8 Å². The van der Waals surface area contributed by atoms with E-state index < -0.39 is 47.1 Å². The number of esters is 1. The summed E-state index contributed by atoms with van der Waals surface area (Å²) >= 11 is 0. The zero-order valence-electron chi connectivity index (χ0n) is 16.6. The highest BCUT2D eigenvalue weighted by atomic mass is 19.2. The monoisotopic (exact) mass is 395 g/mol. The zero-order valence-corrected chi connectivity index (χ0v) is 16.6. The molecule has 0 aromatic rings. The Hall–Kier alpha value is -1.82. The van der Waals surface area contributed by atoms with Crippen molar-refractivity contribution in [3.05, 3.63) is 24.6 Å². The SMILES string of the molecule is BC(B)(OC(=O)[C@@H](N)C(C)C)[C@@]1(F)O[C@@](B)(N2C=CC(=C)NC2=O)[C@H](O)[C@@H]1O. The lowest BCUT2D eigenvalue weighted by molar-refractivity contribution is -0.250. The molecule has 9 nitrogen and oxygen atoms in total. The van der Waals surface area contributed by atoms with Gasteiger partial charge in [0.2, 0.25) is 0 Å². The van der Waals surface area contributed by atoms with Gasteiger partial charge in [0.25, 0.3) is 5.85 Å². The Labute approximate surface area is 165 Å². The highest BCUT2D eigenvalue weighted by Gasteiger charge is 2.70. The Morgan fingerprint density at radius 2 is 2.07 bits per heavy atom. The van der Waals surface area contributed by atoms with Gasteiger partial charge in [-0.25, -0.2) is 9.18 Å². The first-order chi connectivity index (χ1) is 12.7. The lowest BCUT2D eigenvalue weighted by Crippen LogP contribution is -2.63. The summed E-state index contributed by atoms with van der Waals surface area (Å²) in [5.74, 6) is -4.18. The van der Waals surface area contributed by atoms with E-state index in [1.54, 1.807) is 13.8 Å². The fraction of sp³-hybridized carbons (Fsp3) is 0.600. The molecule has 152 valence electrons. The number of hydrogen-bond acceptors (Lipinski definition) is 7. The van der Waals surface area contributed by atoms with Crippen molar-refractivity contribution >= 4 is 35.5 Å². The first kappa shape index (κ1) is 22.5. The number of ether oxygens (including phenoxy) is 2. The van der Waals surface area contributed by atoms with Crippen molar-refractivity contribution in [1.29, 1.82) is 0 Å². The molecule has 0 radical (unpaired) electrons. The normalized spacial score (nSPS) is 34.5. The molecule has 5 N–H and O–H groups in total. The molecule has 2 amide bonds. The van der Waals surface area contributed by atoms with Crippen molar-refractivity contribution < 1.29 is 33.7 Å². The van der Waals surface area contributed by atoms with Gasteiger partial charge in [-0.1, -0.05) is 20.4 Å². The van der Waals surface area contributed by atoms with E-state index in [0.717, 1.165) is 4.90 Å². The number of nitrogens with two attached hydrogens (primary N) is 1. The Bertz CT molecular complexity index is 723. The molecule has 1 fully saturated rings. The van der Waals surface area contributed by atoms with E-state index in [1.165, 1.54) is 35.8 Å². The van der Waals surface area contributed by atoms with Gasteiger partial charge in [0.05, 0.1) is 0 Å². The zero-order chi connectivity index (χ0) is 21.7. The van der Waals surface area contributed by atoms with Crippen molar-refractivity contribution in [2.24, 2.45) is 11.7 Å². The summed E-state index contributed by atoms with van der Waals surface area (Å²) in [7, 11) is 3.61. The molecule has 0 bridgehead atoms. The minimum atomic E-state index is -3.03. The highest BCUT2D eigenvalue weighted by molar-refractivity contribution is 6.40. The summed E-state index contributed by atoms with van der Waals surface area (Å²) < 4.78 is 26.5. The molecule has 1 saturated heterocycles. The number of amides is 2. The van der Waals surface area contributed by atoms with Crippen molar-refractivity contribution in [3.8, 4) is 0 Å². The number of halogens is 1. The van der Waals surface area contributed by atoms with Gasteiger partial charge < -0.3 is 30.7 Å². The number of alkyl halides is 1. The number of aliphatic hydroxyl groups is 2. The van der Waals surface area contributed by atoms with Crippen LogP contribution in [0, 0.1) is 5.92 Å². The summed E-state index contributed by atoms with van der Waals surface area (Å²) in [6, 6.07) is -1.75. The lowest BCUT2D eigenvalue weighted by Gasteiger charge is -2.42.